The van der Waals surface area contributed by atoms with Gasteiger partial charge in [-0.3, -0.25) is 4.79 Å². The highest BCUT2D eigenvalue weighted by Gasteiger charge is 2.23. The molecule has 1 aromatic heterocycles. The van der Waals surface area contributed by atoms with Crippen molar-refractivity contribution in [2.75, 3.05) is 20.8 Å². The van der Waals surface area contributed by atoms with Crippen molar-refractivity contribution in [2.24, 2.45) is 0 Å². The van der Waals surface area contributed by atoms with Gasteiger partial charge in [0.05, 0.1) is 14.2 Å². The molecular formula is C29H32N2O3. The lowest BCUT2D eigenvalue weighted by Crippen LogP contribution is -2.27. The van der Waals surface area contributed by atoms with Crippen LogP contribution in [-0.2, 0) is 11.2 Å². The van der Waals surface area contributed by atoms with E-state index in [4.69, 9.17) is 9.47 Å². The van der Waals surface area contributed by atoms with Crippen molar-refractivity contribution in [3.8, 4) is 11.5 Å². The molecule has 1 atom stereocenters. The quantitative estimate of drug-likeness (QED) is 0.340. The van der Waals surface area contributed by atoms with Gasteiger partial charge in [0.2, 0.25) is 5.91 Å². The summed E-state index contributed by atoms with van der Waals surface area (Å²) in [6.07, 6.45) is 3.15. The molecule has 3 aromatic carbocycles. The number of ether oxygens (including phenoxy) is 2. The van der Waals surface area contributed by atoms with E-state index in [9.17, 15) is 4.79 Å². The zero-order chi connectivity index (χ0) is 24.1. The van der Waals surface area contributed by atoms with Crippen LogP contribution in [0.3, 0.4) is 0 Å². The SMILES string of the molecule is COc1ccc(CCNC(=O)CC(c2ccc(C)cc2C)c2c[nH]c3ccccc23)cc1OC. The highest BCUT2D eigenvalue weighted by atomic mass is 16.5. The normalized spacial score (nSPS) is 11.9. The van der Waals surface area contributed by atoms with Gasteiger partial charge >= 0.3 is 0 Å². The van der Waals surface area contributed by atoms with Crippen molar-refractivity contribution >= 4 is 16.8 Å². The van der Waals surface area contributed by atoms with Gasteiger partial charge < -0.3 is 19.8 Å². The Kier molecular flexibility index (Phi) is 7.21. The molecule has 0 aliphatic carbocycles. The average Bonchev–Trinajstić information content (AvgIpc) is 3.27. The van der Waals surface area contributed by atoms with Crippen LogP contribution in [0, 0.1) is 13.8 Å². The smallest absolute Gasteiger partial charge is 0.220 e. The van der Waals surface area contributed by atoms with E-state index in [-0.39, 0.29) is 11.8 Å². The number of aromatic nitrogens is 1. The van der Waals surface area contributed by atoms with E-state index in [1.54, 1.807) is 14.2 Å². The van der Waals surface area contributed by atoms with Gasteiger partial charge in [0.1, 0.15) is 0 Å². The van der Waals surface area contributed by atoms with Crippen LogP contribution >= 0.6 is 0 Å². The summed E-state index contributed by atoms with van der Waals surface area (Å²) in [6.45, 7) is 4.78. The van der Waals surface area contributed by atoms with Gasteiger partial charge in [-0.2, -0.15) is 0 Å². The molecule has 2 N–H and O–H groups in total. The second kappa shape index (κ2) is 10.5. The van der Waals surface area contributed by atoms with Crippen LogP contribution in [-0.4, -0.2) is 31.7 Å². The van der Waals surface area contributed by atoms with Crippen LogP contribution in [0.1, 0.15) is 40.2 Å². The lowest BCUT2D eigenvalue weighted by Gasteiger charge is -2.20. The summed E-state index contributed by atoms with van der Waals surface area (Å²) in [7, 11) is 3.25. The minimum absolute atomic E-state index is 0.0298. The molecule has 1 heterocycles. The fraction of sp³-hybridized carbons (Fsp3) is 0.276. The van der Waals surface area contributed by atoms with Crippen LogP contribution < -0.4 is 14.8 Å². The Morgan fingerprint density at radius 3 is 2.50 bits per heavy atom. The minimum atomic E-state index is -0.0298. The Morgan fingerprint density at radius 2 is 1.74 bits per heavy atom. The summed E-state index contributed by atoms with van der Waals surface area (Å²) < 4.78 is 10.7. The van der Waals surface area contributed by atoms with Crippen LogP contribution in [0.25, 0.3) is 10.9 Å². The number of carbonyl (C=O) groups excluding carboxylic acids is 1. The van der Waals surface area contributed by atoms with E-state index in [0.717, 1.165) is 22.0 Å². The first kappa shape index (κ1) is 23.4. The molecule has 4 aromatic rings. The molecular weight excluding hydrogens is 424 g/mol. The third-order valence-corrected chi connectivity index (χ3v) is 6.37. The van der Waals surface area contributed by atoms with Gasteiger partial charge in [-0.05, 0) is 60.7 Å². The van der Waals surface area contributed by atoms with Crippen molar-refractivity contribution in [1.82, 2.24) is 10.3 Å². The second-order valence-electron chi connectivity index (χ2n) is 8.70. The van der Waals surface area contributed by atoms with E-state index >= 15 is 0 Å². The molecule has 5 nitrogen and oxygen atoms in total. The van der Waals surface area contributed by atoms with Gasteiger partial charge in [0.15, 0.2) is 11.5 Å². The molecule has 1 unspecified atom stereocenters. The molecule has 0 spiro atoms. The largest absolute Gasteiger partial charge is 0.493 e. The van der Waals surface area contributed by atoms with Gasteiger partial charge in [0, 0.05) is 36.0 Å². The number of hydrogen-bond acceptors (Lipinski definition) is 3. The first-order valence-electron chi connectivity index (χ1n) is 11.6. The third-order valence-electron chi connectivity index (χ3n) is 6.37. The van der Waals surface area contributed by atoms with Gasteiger partial charge in [0.25, 0.3) is 0 Å². The number of aromatic amines is 1. The van der Waals surface area contributed by atoms with Crippen molar-refractivity contribution in [2.45, 2.75) is 32.6 Å². The van der Waals surface area contributed by atoms with Crippen molar-refractivity contribution < 1.29 is 14.3 Å². The maximum atomic E-state index is 13.1. The standard InChI is InChI=1S/C29H32N2O3/c1-19-9-11-22(20(2)15-19)24(25-18-31-26-8-6-5-7-23(25)26)17-29(32)30-14-13-21-10-12-27(33-3)28(16-21)34-4/h5-12,15-16,18,24,31H,13-14,17H2,1-4H3,(H,30,32). The first-order valence-corrected chi connectivity index (χ1v) is 11.6. The number of hydrogen-bond donors (Lipinski definition) is 2. The van der Waals surface area contributed by atoms with Gasteiger partial charge in [-0.1, -0.05) is 48.0 Å². The Labute approximate surface area is 201 Å². The predicted molar refractivity (Wildman–Crippen MR) is 137 cm³/mol. The third kappa shape index (κ3) is 5.09. The number of benzene rings is 3. The maximum absolute atomic E-state index is 13.1. The fourth-order valence-corrected chi connectivity index (χ4v) is 4.63. The lowest BCUT2D eigenvalue weighted by molar-refractivity contribution is -0.121. The molecule has 0 saturated carbocycles. The zero-order valence-electron chi connectivity index (χ0n) is 20.3. The molecule has 34 heavy (non-hydrogen) atoms. The Balaban J connectivity index is 1.51. The number of amides is 1. The van der Waals surface area contributed by atoms with Crippen LogP contribution in [0.15, 0.2) is 66.9 Å². The molecule has 5 heteroatoms. The Morgan fingerprint density at radius 1 is 0.941 bits per heavy atom. The molecule has 0 fully saturated rings. The fourth-order valence-electron chi connectivity index (χ4n) is 4.63. The average molecular weight is 457 g/mol. The molecule has 0 radical (unpaired) electrons. The molecule has 0 bridgehead atoms. The summed E-state index contributed by atoms with van der Waals surface area (Å²) in [5.41, 5.74) is 6.93. The number of rotatable bonds is 9. The number of aryl methyl sites for hydroxylation is 2. The summed E-state index contributed by atoms with van der Waals surface area (Å²) in [5, 5.41) is 4.28. The minimum Gasteiger partial charge on any atom is -0.493 e. The number of methoxy groups -OCH3 is 2. The van der Waals surface area contributed by atoms with E-state index in [2.05, 4.69) is 54.5 Å². The number of fused-ring (bicyclic) bond motifs is 1. The van der Waals surface area contributed by atoms with Crippen LogP contribution in [0.5, 0.6) is 11.5 Å². The van der Waals surface area contributed by atoms with Crippen molar-refractivity contribution in [1.29, 1.82) is 0 Å². The number of H-pyrrole nitrogens is 1. The van der Waals surface area contributed by atoms with E-state index < -0.39 is 0 Å². The van der Waals surface area contributed by atoms with Crippen molar-refractivity contribution in [3.05, 3.63) is 94.7 Å². The summed E-state index contributed by atoms with van der Waals surface area (Å²) in [6, 6.07) is 20.6. The first-order chi connectivity index (χ1) is 16.5. The highest BCUT2D eigenvalue weighted by Crippen LogP contribution is 2.35. The monoisotopic (exact) mass is 456 g/mol. The second-order valence-corrected chi connectivity index (χ2v) is 8.70. The van der Waals surface area contributed by atoms with E-state index in [1.165, 1.54) is 16.7 Å². The Bertz CT molecular complexity index is 1290. The van der Waals surface area contributed by atoms with Gasteiger partial charge in [-0.15, -0.1) is 0 Å². The molecule has 176 valence electrons. The molecule has 0 saturated heterocycles. The summed E-state index contributed by atoms with van der Waals surface area (Å²) >= 11 is 0. The number of nitrogens with one attached hydrogen (secondary N) is 2. The lowest BCUT2D eigenvalue weighted by atomic mass is 9.85. The highest BCUT2D eigenvalue weighted by molar-refractivity contribution is 5.86. The maximum Gasteiger partial charge on any atom is 0.220 e. The van der Waals surface area contributed by atoms with Crippen LogP contribution in [0.4, 0.5) is 0 Å². The van der Waals surface area contributed by atoms with Crippen molar-refractivity contribution in [3.63, 3.8) is 0 Å². The van der Waals surface area contributed by atoms with E-state index in [0.29, 0.717) is 30.9 Å². The predicted octanol–water partition coefficient (Wildman–Crippen LogP) is 5.68. The number of para-hydroxylation sites is 1. The number of carbonyl (C=O) groups is 1. The van der Waals surface area contributed by atoms with E-state index in [1.807, 2.05) is 36.5 Å². The summed E-state index contributed by atoms with van der Waals surface area (Å²) in [4.78, 5) is 16.5. The van der Waals surface area contributed by atoms with Gasteiger partial charge in [-0.25, -0.2) is 0 Å². The molecule has 0 aliphatic heterocycles. The zero-order valence-corrected chi connectivity index (χ0v) is 20.3. The summed E-state index contributed by atoms with van der Waals surface area (Å²) in [5.74, 6) is 1.40. The Hall–Kier alpha value is -3.73. The topological polar surface area (TPSA) is 63.3 Å². The molecule has 0 aliphatic rings. The molecule has 1 amide bonds. The van der Waals surface area contributed by atoms with Crippen LogP contribution in [0.2, 0.25) is 0 Å². The molecule has 4 rings (SSSR count).